The second-order valence-corrected chi connectivity index (χ2v) is 10.4. The summed E-state index contributed by atoms with van der Waals surface area (Å²) >= 11 is 0. The molecule has 4 heteroatoms. The van der Waals surface area contributed by atoms with Gasteiger partial charge >= 0.3 is 11.9 Å². The van der Waals surface area contributed by atoms with Crippen LogP contribution >= 0.6 is 0 Å². The van der Waals surface area contributed by atoms with Gasteiger partial charge in [-0.15, -0.1) is 0 Å². The first-order chi connectivity index (χ1) is 16.4. The van der Waals surface area contributed by atoms with Gasteiger partial charge in [0.15, 0.2) is 0 Å². The van der Waals surface area contributed by atoms with Crippen molar-refractivity contribution in [3.05, 3.63) is 34.9 Å². The lowest BCUT2D eigenvalue weighted by Gasteiger charge is -2.14. The summed E-state index contributed by atoms with van der Waals surface area (Å²) in [5.74, 6) is -0.679. The zero-order chi connectivity index (χ0) is 25.0. The number of carboxylic acids is 2. The highest BCUT2D eigenvalue weighted by Gasteiger charge is 2.07. The molecule has 0 amide bonds. The highest BCUT2D eigenvalue weighted by atomic mass is 16.4. The number of carbonyl (C=O) groups is 2. The number of unbranched alkanes of at least 4 members (excludes halogenated alkanes) is 12. The molecule has 34 heavy (non-hydrogen) atoms. The van der Waals surface area contributed by atoms with Crippen LogP contribution in [0.2, 0.25) is 0 Å². The quantitative estimate of drug-likeness (QED) is 0.165. The molecule has 2 N–H and O–H groups in total. The topological polar surface area (TPSA) is 74.6 Å². The van der Waals surface area contributed by atoms with Crippen molar-refractivity contribution in [2.45, 2.75) is 136 Å². The SMILES string of the molecule is CC(C)Cc1ccc(CCCCCCCCCC(=O)O)c(CCCCCCCCCC(=O)O)c1. The first-order valence-corrected chi connectivity index (χ1v) is 13.9. The van der Waals surface area contributed by atoms with E-state index in [0.717, 1.165) is 44.9 Å². The van der Waals surface area contributed by atoms with E-state index in [-0.39, 0.29) is 0 Å². The molecule has 1 aromatic carbocycles. The predicted octanol–water partition coefficient (Wildman–Crippen LogP) is 8.38. The van der Waals surface area contributed by atoms with E-state index >= 15 is 0 Å². The monoisotopic (exact) mass is 474 g/mol. The van der Waals surface area contributed by atoms with Crippen LogP contribution in [0.4, 0.5) is 0 Å². The molecule has 1 aromatic rings. The van der Waals surface area contributed by atoms with Gasteiger partial charge < -0.3 is 10.2 Å². The number of aliphatic carboxylic acids is 2. The Morgan fingerprint density at radius 2 is 1.03 bits per heavy atom. The number of hydrogen-bond acceptors (Lipinski definition) is 2. The largest absolute Gasteiger partial charge is 0.481 e. The Hall–Kier alpha value is -1.84. The number of hydrogen-bond donors (Lipinski definition) is 2. The highest BCUT2D eigenvalue weighted by Crippen LogP contribution is 2.21. The average molecular weight is 475 g/mol. The number of carboxylic acid groups (broad SMARTS) is 2. The van der Waals surface area contributed by atoms with E-state index < -0.39 is 11.9 Å². The minimum absolute atomic E-state index is 0.308. The molecule has 0 fully saturated rings. The van der Waals surface area contributed by atoms with Gasteiger partial charge in [-0.3, -0.25) is 9.59 Å². The standard InChI is InChI=1S/C30H50O4/c1-25(2)23-26-21-22-27(17-13-9-5-3-7-11-15-19-29(31)32)28(24-26)18-14-10-6-4-8-12-16-20-30(33)34/h21-22,24-25H,3-20,23H2,1-2H3,(H,31,32)(H,33,34). The molecule has 194 valence electrons. The van der Waals surface area contributed by atoms with Gasteiger partial charge in [0.05, 0.1) is 0 Å². The summed E-state index contributed by atoms with van der Waals surface area (Å²) in [6.45, 7) is 4.57. The molecule has 0 bridgehead atoms. The van der Waals surface area contributed by atoms with E-state index in [1.165, 1.54) is 75.3 Å². The van der Waals surface area contributed by atoms with Crippen LogP contribution in [0.5, 0.6) is 0 Å². The van der Waals surface area contributed by atoms with Gasteiger partial charge in [0.2, 0.25) is 0 Å². The summed E-state index contributed by atoms with van der Waals surface area (Å²) in [6, 6.07) is 7.17. The predicted molar refractivity (Wildman–Crippen MR) is 142 cm³/mol. The molecule has 0 aliphatic carbocycles. The Morgan fingerprint density at radius 3 is 1.47 bits per heavy atom. The van der Waals surface area contributed by atoms with Crippen LogP contribution < -0.4 is 0 Å². The van der Waals surface area contributed by atoms with Crippen LogP contribution in [0.15, 0.2) is 18.2 Å². The number of aryl methyl sites for hydroxylation is 2. The molecule has 0 heterocycles. The van der Waals surface area contributed by atoms with Gasteiger partial charge in [-0.2, -0.15) is 0 Å². The summed E-state index contributed by atoms with van der Waals surface area (Å²) in [4.78, 5) is 21.1. The van der Waals surface area contributed by atoms with E-state index in [2.05, 4.69) is 32.0 Å². The second kappa shape index (κ2) is 19.5. The Balaban J connectivity index is 2.33. The first kappa shape index (κ1) is 30.2. The molecule has 0 saturated heterocycles. The Kier molecular flexibility index (Phi) is 17.3. The summed E-state index contributed by atoms with van der Waals surface area (Å²) in [5.41, 5.74) is 4.55. The molecule has 0 aliphatic heterocycles. The van der Waals surface area contributed by atoms with Crippen molar-refractivity contribution in [1.29, 1.82) is 0 Å². The van der Waals surface area contributed by atoms with Crippen LogP contribution in [-0.4, -0.2) is 22.2 Å². The second-order valence-electron chi connectivity index (χ2n) is 10.4. The Bertz CT molecular complexity index is 680. The molecule has 0 radical (unpaired) electrons. The van der Waals surface area contributed by atoms with Gasteiger partial charge in [-0.1, -0.05) is 96.3 Å². The summed E-state index contributed by atoms with van der Waals surface area (Å²) < 4.78 is 0. The van der Waals surface area contributed by atoms with Crippen LogP contribution in [0.3, 0.4) is 0 Å². The molecule has 0 atom stereocenters. The molecule has 4 nitrogen and oxygen atoms in total. The minimum atomic E-state index is -0.678. The van der Waals surface area contributed by atoms with Crippen LogP contribution in [0.25, 0.3) is 0 Å². The third-order valence-corrected chi connectivity index (χ3v) is 6.59. The van der Waals surface area contributed by atoms with Gasteiger partial charge in [-0.05, 0) is 67.6 Å². The molecule has 0 spiro atoms. The van der Waals surface area contributed by atoms with Gasteiger partial charge in [0.25, 0.3) is 0 Å². The fraction of sp³-hybridized carbons (Fsp3) is 0.733. The number of benzene rings is 1. The minimum Gasteiger partial charge on any atom is -0.481 e. The van der Waals surface area contributed by atoms with E-state index in [1.54, 1.807) is 5.56 Å². The Morgan fingerprint density at radius 1 is 0.618 bits per heavy atom. The molecule has 0 unspecified atom stereocenters. The fourth-order valence-corrected chi connectivity index (χ4v) is 4.71. The first-order valence-electron chi connectivity index (χ1n) is 13.9. The van der Waals surface area contributed by atoms with E-state index in [1.807, 2.05) is 0 Å². The van der Waals surface area contributed by atoms with E-state index in [4.69, 9.17) is 10.2 Å². The zero-order valence-corrected chi connectivity index (χ0v) is 22.0. The average Bonchev–Trinajstić information content (AvgIpc) is 2.77. The fourth-order valence-electron chi connectivity index (χ4n) is 4.71. The summed E-state index contributed by atoms with van der Waals surface area (Å²) in [7, 11) is 0. The molecular weight excluding hydrogens is 424 g/mol. The van der Waals surface area contributed by atoms with Gasteiger partial charge in [0, 0.05) is 12.8 Å². The zero-order valence-electron chi connectivity index (χ0n) is 22.0. The van der Waals surface area contributed by atoms with Crippen LogP contribution in [0.1, 0.15) is 133 Å². The van der Waals surface area contributed by atoms with Gasteiger partial charge in [0.1, 0.15) is 0 Å². The van der Waals surface area contributed by atoms with Gasteiger partial charge in [-0.25, -0.2) is 0 Å². The van der Waals surface area contributed by atoms with Crippen molar-refractivity contribution in [1.82, 2.24) is 0 Å². The smallest absolute Gasteiger partial charge is 0.303 e. The van der Waals surface area contributed by atoms with Crippen LogP contribution in [0, 0.1) is 5.92 Å². The lowest BCUT2D eigenvalue weighted by Crippen LogP contribution is -2.00. The molecule has 1 rings (SSSR count). The van der Waals surface area contributed by atoms with Crippen molar-refractivity contribution < 1.29 is 19.8 Å². The molecular formula is C30H50O4. The van der Waals surface area contributed by atoms with Crippen molar-refractivity contribution in [2.24, 2.45) is 5.92 Å². The molecule has 0 saturated carbocycles. The molecule has 0 aromatic heterocycles. The third kappa shape index (κ3) is 16.7. The third-order valence-electron chi connectivity index (χ3n) is 6.59. The highest BCUT2D eigenvalue weighted by molar-refractivity contribution is 5.66. The van der Waals surface area contributed by atoms with E-state index in [9.17, 15) is 9.59 Å². The van der Waals surface area contributed by atoms with Crippen molar-refractivity contribution >= 4 is 11.9 Å². The number of rotatable bonds is 22. The lowest BCUT2D eigenvalue weighted by molar-refractivity contribution is -0.138. The molecule has 0 aliphatic rings. The normalized spacial score (nSPS) is 11.3. The van der Waals surface area contributed by atoms with E-state index in [0.29, 0.717) is 18.8 Å². The lowest BCUT2D eigenvalue weighted by atomic mass is 9.92. The summed E-state index contributed by atoms with van der Waals surface area (Å²) in [5, 5.41) is 17.4. The Labute approximate surface area is 208 Å². The van der Waals surface area contributed by atoms with Crippen LogP contribution in [-0.2, 0) is 28.9 Å². The summed E-state index contributed by atoms with van der Waals surface area (Å²) in [6.07, 6.45) is 20.0. The van der Waals surface area contributed by atoms with Crippen molar-refractivity contribution in [2.75, 3.05) is 0 Å². The van der Waals surface area contributed by atoms with Crippen molar-refractivity contribution in [3.63, 3.8) is 0 Å². The maximum atomic E-state index is 10.6. The maximum Gasteiger partial charge on any atom is 0.303 e. The van der Waals surface area contributed by atoms with Crippen molar-refractivity contribution in [3.8, 4) is 0 Å². The maximum absolute atomic E-state index is 10.6.